The first-order valence-corrected chi connectivity index (χ1v) is 3.58. The van der Waals surface area contributed by atoms with E-state index in [1.54, 1.807) is 0 Å². The number of guanidine groups is 1. The number of nitrogens with zero attached hydrogens (tertiary/aromatic N) is 1. The molecule has 8 heteroatoms. The molecule has 0 rings (SSSR count). The van der Waals surface area contributed by atoms with Crippen molar-refractivity contribution >= 4 is 24.3 Å². The molecule has 0 aromatic carbocycles. The molecule has 0 heterocycles. The Morgan fingerprint density at radius 3 is 2.36 bits per heavy atom. The van der Waals surface area contributed by atoms with E-state index in [4.69, 9.17) is 22.3 Å². The van der Waals surface area contributed by atoms with Crippen LogP contribution in [0, 0.1) is 0 Å². The molecule has 0 unspecified atom stereocenters. The maximum Gasteiger partial charge on any atom is 1.00 e. The molecule has 7 N–H and O–H groups in total. The van der Waals surface area contributed by atoms with E-state index in [2.05, 4.69) is 4.99 Å². The molecule has 0 aliphatic rings. The summed E-state index contributed by atoms with van der Waals surface area (Å²) in [6, 6.07) is -0.820. The van der Waals surface area contributed by atoms with Crippen LogP contribution in [0.5, 0.6) is 0 Å². The summed E-state index contributed by atoms with van der Waals surface area (Å²) in [4.78, 5) is 13.9. The maximum absolute atomic E-state index is 10.2. The Morgan fingerprint density at radius 1 is 1.50 bits per heavy atom. The Balaban J connectivity index is -0.000000202. The fourth-order valence-electron chi connectivity index (χ4n) is 0.643. The van der Waals surface area contributed by atoms with Gasteiger partial charge in [0.1, 0.15) is 6.04 Å². The third-order valence-corrected chi connectivity index (χ3v) is 1.28. The first-order valence-electron chi connectivity index (χ1n) is 3.58. The van der Waals surface area contributed by atoms with Crippen molar-refractivity contribution < 1.29 is 40.9 Å². The van der Waals surface area contributed by atoms with Gasteiger partial charge < -0.3 is 23.7 Å². The van der Waals surface area contributed by atoms with E-state index in [1.807, 2.05) is 0 Å². The first-order chi connectivity index (χ1) is 5.54. The molecule has 14 heavy (non-hydrogen) atoms. The van der Waals surface area contributed by atoms with Gasteiger partial charge in [0.25, 0.3) is 0 Å². The van der Waals surface area contributed by atoms with Gasteiger partial charge in [-0.3, -0.25) is 9.79 Å². The molecule has 0 radical (unpaired) electrons. The van der Waals surface area contributed by atoms with Crippen LogP contribution in [-0.2, 0) is 4.79 Å². The van der Waals surface area contributed by atoms with Crippen molar-refractivity contribution in [1.82, 2.24) is 0 Å². The zero-order valence-corrected chi connectivity index (χ0v) is 11.0. The molecular weight excluding hydrogens is 219 g/mol. The Morgan fingerprint density at radius 2 is 2.00 bits per heavy atom. The average molecular weight is 235 g/mol. The van der Waals surface area contributed by atoms with E-state index < -0.39 is 12.0 Å². The summed E-state index contributed by atoms with van der Waals surface area (Å²) in [5, 5.41) is 8.38. The molecule has 0 bridgehead atoms. The summed E-state index contributed by atoms with van der Waals surface area (Å²) >= 11 is 0. The number of halogens is 1. The van der Waals surface area contributed by atoms with E-state index in [0.717, 1.165) is 0 Å². The van der Waals surface area contributed by atoms with Crippen LogP contribution in [0.2, 0.25) is 0 Å². The van der Waals surface area contributed by atoms with Crippen molar-refractivity contribution in [2.24, 2.45) is 22.2 Å². The van der Waals surface area contributed by atoms with Gasteiger partial charge in [-0.1, -0.05) is 0 Å². The number of carboxylic acids is 1. The SMILES string of the molecule is Cl.NC(N)=NCCC[C@H](N)C(=O)O.[H-].[Na+]. The maximum atomic E-state index is 10.2. The normalized spacial score (nSPS) is 10.4. The van der Waals surface area contributed by atoms with Crippen molar-refractivity contribution in [2.75, 3.05) is 6.54 Å². The summed E-state index contributed by atoms with van der Waals surface area (Å²) in [5.74, 6) is -0.987. The molecule has 0 aromatic rings. The van der Waals surface area contributed by atoms with E-state index >= 15 is 0 Å². The molecule has 0 aliphatic heterocycles. The molecule has 0 fully saturated rings. The molecule has 0 saturated heterocycles. The predicted molar refractivity (Wildman–Crippen MR) is 53.9 cm³/mol. The number of hydrogen-bond donors (Lipinski definition) is 4. The van der Waals surface area contributed by atoms with Crippen molar-refractivity contribution in [3.8, 4) is 0 Å². The fourth-order valence-corrected chi connectivity index (χ4v) is 0.643. The second-order valence-electron chi connectivity index (χ2n) is 2.39. The van der Waals surface area contributed by atoms with Crippen LogP contribution in [0.1, 0.15) is 14.3 Å². The van der Waals surface area contributed by atoms with Gasteiger partial charge >= 0.3 is 35.5 Å². The van der Waals surface area contributed by atoms with E-state index in [-0.39, 0.29) is 49.4 Å². The van der Waals surface area contributed by atoms with Gasteiger partial charge in [0.15, 0.2) is 5.96 Å². The average Bonchev–Trinajstić information content (AvgIpc) is 1.97. The molecule has 0 amide bonds. The second-order valence-corrected chi connectivity index (χ2v) is 2.39. The van der Waals surface area contributed by atoms with E-state index in [0.29, 0.717) is 19.4 Å². The Kier molecular flexibility index (Phi) is 15.5. The van der Waals surface area contributed by atoms with E-state index in [9.17, 15) is 4.79 Å². The topological polar surface area (TPSA) is 128 Å². The minimum absolute atomic E-state index is 0. The molecule has 80 valence electrons. The van der Waals surface area contributed by atoms with Crippen LogP contribution in [0.3, 0.4) is 0 Å². The van der Waals surface area contributed by atoms with Crippen LogP contribution in [-0.4, -0.2) is 29.6 Å². The van der Waals surface area contributed by atoms with Crippen LogP contribution < -0.4 is 46.8 Å². The van der Waals surface area contributed by atoms with Crippen LogP contribution >= 0.6 is 12.4 Å². The number of aliphatic imine (C=N–C) groups is 1. The molecule has 0 spiro atoms. The third kappa shape index (κ3) is 12.0. The number of carbonyl (C=O) groups is 1. The van der Waals surface area contributed by atoms with Gasteiger partial charge in [0.05, 0.1) is 0 Å². The van der Waals surface area contributed by atoms with Gasteiger partial charge in [-0.25, -0.2) is 0 Å². The zero-order chi connectivity index (χ0) is 9.56. The van der Waals surface area contributed by atoms with Crippen LogP contribution in [0.15, 0.2) is 4.99 Å². The second kappa shape index (κ2) is 11.1. The molecular formula is C6H16ClN4NaO2. The first kappa shape index (κ1) is 19.5. The predicted octanol–water partition coefficient (Wildman–Crippen LogP) is -4.01. The standard InChI is InChI=1S/C6H14N4O2.ClH.Na.H/c7-4(5(11)12)2-1-3-10-6(8)9;;;/h4H,1-3,7H2,(H,11,12)(H4,8,9,10);1H;;/q;;+1;-1/t4-;;;/m0.../s1. The largest absolute Gasteiger partial charge is 1.00 e. The van der Waals surface area contributed by atoms with Crippen molar-refractivity contribution in [3.63, 3.8) is 0 Å². The van der Waals surface area contributed by atoms with Crippen molar-refractivity contribution in [1.29, 1.82) is 0 Å². The molecule has 0 aromatic heterocycles. The number of rotatable bonds is 5. The molecule has 1 atom stereocenters. The molecule has 0 saturated carbocycles. The van der Waals surface area contributed by atoms with Gasteiger partial charge in [-0.15, -0.1) is 12.4 Å². The summed E-state index contributed by atoms with van der Waals surface area (Å²) in [5.41, 5.74) is 15.3. The van der Waals surface area contributed by atoms with Gasteiger partial charge in [-0.2, -0.15) is 0 Å². The van der Waals surface area contributed by atoms with Gasteiger partial charge in [0, 0.05) is 6.54 Å². The van der Waals surface area contributed by atoms with Gasteiger partial charge in [0.2, 0.25) is 0 Å². The minimum Gasteiger partial charge on any atom is -1.00 e. The van der Waals surface area contributed by atoms with Crippen molar-refractivity contribution in [2.45, 2.75) is 18.9 Å². The minimum atomic E-state index is -1.00. The van der Waals surface area contributed by atoms with E-state index in [1.165, 1.54) is 0 Å². The van der Waals surface area contributed by atoms with Crippen LogP contribution in [0.25, 0.3) is 0 Å². The summed E-state index contributed by atoms with van der Waals surface area (Å²) in [6.45, 7) is 0.420. The number of carboxylic acid groups (broad SMARTS) is 1. The van der Waals surface area contributed by atoms with Crippen molar-refractivity contribution in [3.05, 3.63) is 0 Å². The molecule has 6 nitrogen and oxygen atoms in total. The third-order valence-electron chi connectivity index (χ3n) is 1.28. The summed E-state index contributed by atoms with van der Waals surface area (Å²) in [6.07, 6.45) is 0.956. The number of aliphatic carboxylic acids is 1. The Hall–Kier alpha value is -0.0100. The Labute approximate surface area is 112 Å². The summed E-state index contributed by atoms with van der Waals surface area (Å²) < 4.78 is 0. The Bertz CT molecular complexity index is 192. The number of nitrogens with two attached hydrogens (primary N) is 3. The van der Waals surface area contributed by atoms with Crippen LogP contribution in [0.4, 0.5) is 0 Å². The fraction of sp³-hybridized carbons (Fsp3) is 0.667. The zero-order valence-electron chi connectivity index (χ0n) is 9.14. The van der Waals surface area contributed by atoms with Gasteiger partial charge in [-0.05, 0) is 12.8 Å². The smallest absolute Gasteiger partial charge is 1.00 e. The number of hydrogen-bond acceptors (Lipinski definition) is 3. The monoisotopic (exact) mass is 234 g/mol. The quantitative estimate of drug-likeness (QED) is 0.167. The molecule has 0 aliphatic carbocycles. The summed E-state index contributed by atoms with van der Waals surface area (Å²) in [7, 11) is 0.